The van der Waals surface area contributed by atoms with Crippen LogP contribution in [0.25, 0.3) is 0 Å². The molecule has 8 rings (SSSR count). The van der Waals surface area contributed by atoms with Crippen LogP contribution in [-0.2, 0) is 34.4 Å². The number of nitrogens with zero attached hydrogens (tertiary/aromatic N) is 7. The van der Waals surface area contributed by atoms with Crippen molar-refractivity contribution in [3.8, 4) is 0 Å². The minimum absolute atomic E-state index is 0.0218. The second-order valence-electron chi connectivity index (χ2n) is 16.4. The standard InChI is InChI=1S/C21H27ClFN5O2S.C11H15ClFN3O2S.C10H13ClN2/c1-21(2,23)17(13-29)25-19-18-16(7-12-31(18)30)24-20(26-19)28-10-8-27(9-11-28)15-5-3-14(22)4-6-15;1-11(2,13)7(5-17)15-9-8-6(3-4-19(8)18)14-10(12)16-9;11-9-1-3-10(4-2-9)13-7-5-12-6-8-13/h3-6,17,29H,7-13H2,1-2H3,(H,24,25,26);7,17H,3-5H2,1-2H3,(H,14,15,16);1-4,12H,5-8H2. The second-order valence-corrected chi connectivity index (χ2v) is 20.6. The van der Waals surface area contributed by atoms with Gasteiger partial charge in [0, 0.05) is 98.1 Å². The zero-order valence-electron chi connectivity index (χ0n) is 35.7. The Morgan fingerprint density at radius 1 is 0.651 bits per heavy atom. The Balaban J connectivity index is 0.000000175. The molecule has 2 aromatic carbocycles. The highest BCUT2D eigenvalue weighted by molar-refractivity contribution is 7.85. The molecule has 2 fully saturated rings. The molecule has 0 bridgehead atoms. The number of aromatic nitrogens is 4. The number of halogens is 5. The number of hydrogen-bond donors (Lipinski definition) is 5. The highest BCUT2D eigenvalue weighted by Crippen LogP contribution is 2.33. The third-order valence-electron chi connectivity index (χ3n) is 11.0. The number of aliphatic hydroxyl groups excluding tert-OH is 2. The lowest BCUT2D eigenvalue weighted by molar-refractivity contribution is 0.131. The number of anilines is 5. The number of aliphatic hydroxyl groups is 2. The van der Waals surface area contributed by atoms with Crippen molar-refractivity contribution in [3.63, 3.8) is 0 Å². The molecule has 0 saturated carbocycles. The minimum Gasteiger partial charge on any atom is -0.394 e. The van der Waals surface area contributed by atoms with Crippen LogP contribution in [0, 0.1) is 0 Å². The van der Waals surface area contributed by atoms with E-state index in [9.17, 15) is 27.4 Å². The van der Waals surface area contributed by atoms with Crippen molar-refractivity contribution >= 4 is 85.4 Å². The van der Waals surface area contributed by atoms with E-state index in [1.807, 2.05) is 36.4 Å². The Hall–Kier alpha value is -3.49. The van der Waals surface area contributed by atoms with Crippen LogP contribution < -0.4 is 30.7 Å². The Morgan fingerprint density at radius 2 is 1.06 bits per heavy atom. The number of rotatable bonds is 11. The highest BCUT2D eigenvalue weighted by atomic mass is 35.5. The molecule has 0 radical (unpaired) electrons. The zero-order chi connectivity index (χ0) is 45.5. The molecule has 14 nitrogen and oxygen atoms in total. The maximum Gasteiger partial charge on any atom is 0.227 e. The number of benzene rings is 2. The van der Waals surface area contributed by atoms with Gasteiger partial charge in [-0.3, -0.25) is 8.42 Å². The Labute approximate surface area is 387 Å². The van der Waals surface area contributed by atoms with Crippen molar-refractivity contribution in [1.82, 2.24) is 25.3 Å². The SMILES string of the molecule is CC(C)(F)C(CO)Nc1nc(Cl)nc2c1S(=O)CC2.CC(C)(F)C(CO)Nc1nc(N2CCN(c3ccc(Cl)cc3)CC2)nc2c1S(=O)CC2.Clc1ccc(N2CCNCC2)cc1. The molecule has 0 aliphatic carbocycles. The van der Waals surface area contributed by atoms with Crippen LogP contribution >= 0.6 is 34.8 Å². The van der Waals surface area contributed by atoms with Crippen molar-refractivity contribution in [2.75, 3.05) is 102 Å². The van der Waals surface area contributed by atoms with Crippen LogP contribution in [-0.4, -0.2) is 139 Å². The molecule has 6 heterocycles. The smallest absolute Gasteiger partial charge is 0.227 e. The summed E-state index contributed by atoms with van der Waals surface area (Å²) in [5.74, 6) is 2.09. The van der Waals surface area contributed by atoms with E-state index in [-0.39, 0.29) is 11.1 Å². The van der Waals surface area contributed by atoms with Crippen LogP contribution in [0.15, 0.2) is 58.3 Å². The fourth-order valence-corrected chi connectivity index (χ4v) is 10.3. The second kappa shape index (κ2) is 21.7. The largest absolute Gasteiger partial charge is 0.394 e. The predicted octanol–water partition coefficient (Wildman–Crippen LogP) is 5.71. The molecule has 63 heavy (non-hydrogen) atoms. The average Bonchev–Trinajstić information content (AvgIpc) is 3.83. The molecule has 4 unspecified atom stereocenters. The molecule has 2 saturated heterocycles. The summed E-state index contributed by atoms with van der Waals surface area (Å²) in [6.07, 6.45) is 1.15. The molecule has 0 spiro atoms. The lowest BCUT2D eigenvalue weighted by atomic mass is 10.0. The molecule has 5 N–H and O–H groups in total. The van der Waals surface area contributed by atoms with Crippen molar-refractivity contribution in [1.29, 1.82) is 0 Å². The first-order chi connectivity index (χ1) is 29.9. The van der Waals surface area contributed by atoms with Gasteiger partial charge in [0.2, 0.25) is 11.2 Å². The number of fused-ring (bicyclic) bond motifs is 2. The Morgan fingerprint density at radius 3 is 1.51 bits per heavy atom. The zero-order valence-corrected chi connectivity index (χ0v) is 39.6. The normalized spacial score (nSPS) is 19.5. The maximum atomic E-state index is 14.5. The van der Waals surface area contributed by atoms with E-state index in [0.29, 0.717) is 56.6 Å². The summed E-state index contributed by atoms with van der Waals surface area (Å²) in [6.45, 7) is 12.0. The molecule has 0 amide bonds. The summed E-state index contributed by atoms with van der Waals surface area (Å²) < 4.78 is 52.9. The van der Waals surface area contributed by atoms with E-state index in [1.54, 1.807) is 0 Å². The summed E-state index contributed by atoms with van der Waals surface area (Å²) in [6, 6.07) is 14.1. The summed E-state index contributed by atoms with van der Waals surface area (Å²) in [4.78, 5) is 25.0. The van der Waals surface area contributed by atoms with E-state index in [4.69, 9.17) is 34.8 Å². The van der Waals surface area contributed by atoms with Crippen LogP contribution in [0.4, 0.5) is 37.7 Å². The van der Waals surface area contributed by atoms with Gasteiger partial charge in [-0.2, -0.15) is 9.97 Å². The monoisotopic (exact) mass is 970 g/mol. The van der Waals surface area contributed by atoms with E-state index in [2.05, 4.69) is 62.7 Å². The number of nitrogens with one attached hydrogen (secondary N) is 3. The van der Waals surface area contributed by atoms with Gasteiger partial charge in [-0.15, -0.1) is 0 Å². The molecule has 4 aliphatic rings. The fraction of sp³-hybridized carbons (Fsp3) is 0.524. The third-order valence-corrected chi connectivity index (χ3v) is 14.6. The number of piperazine rings is 2. The number of aryl methyl sites for hydroxylation is 2. The van der Waals surface area contributed by atoms with Gasteiger partial charge in [0.1, 0.15) is 32.8 Å². The summed E-state index contributed by atoms with van der Waals surface area (Å²) in [7, 11) is -2.44. The first-order valence-corrected chi connectivity index (χ1v) is 24.6. The van der Waals surface area contributed by atoms with Gasteiger partial charge in [-0.05, 0) is 87.8 Å². The molecule has 2 aromatic heterocycles. The van der Waals surface area contributed by atoms with Gasteiger partial charge in [0.05, 0.1) is 58.3 Å². The van der Waals surface area contributed by atoms with Gasteiger partial charge in [-0.25, -0.2) is 18.7 Å². The Kier molecular flexibility index (Phi) is 16.8. The molecule has 4 atom stereocenters. The lowest BCUT2D eigenvalue weighted by Gasteiger charge is -2.36. The third kappa shape index (κ3) is 12.9. The van der Waals surface area contributed by atoms with Gasteiger partial charge in [-0.1, -0.05) is 23.2 Å². The van der Waals surface area contributed by atoms with Crippen molar-refractivity contribution in [2.24, 2.45) is 0 Å². The molecule has 21 heteroatoms. The quantitative estimate of drug-likeness (QED) is 0.116. The van der Waals surface area contributed by atoms with E-state index >= 15 is 0 Å². The fourth-order valence-electron chi connectivity index (χ4n) is 7.28. The first kappa shape index (κ1) is 49.0. The summed E-state index contributed by atoms with van der Waals surface area (Å²) in [5, 5.41) is 29.6. The predicted molar refractivity (Wildman–Crippen MR) is 251 cm³/mol. The molecular weight excluding hydrogens is 917 g/mol. The number of hydrogen-bond acceptors (Lipinski definition) is 14. The topological polar surface area (TPSA) is 172 Å². The van der Waals surface area contributed by atoms with Gasteiger partial charge in [0.15, 0.2) is 0 Å². The number of alkyl halides is 2. The molecular formula is C42H55Cl3F2N10O4S2. The van der Waals surface area contributed by atoms with Crippen molar-refractivity contribution < 1.29 is 27.4 Å². The van der Waals surface area contributed by atoms with Crippen molar-refractivity contribution in [3.05, 3.63) is 75.2 Å². The summed E-state index contributed by atoms with van der Waals surface area (Å²) >= 11 is 17.6. The van der Waals surface area contributed by atoms with Crippen LogP contribution in [0.1, 0.15) is 39.1 Å². The Bertz CT molecular complexity index is 2210. The molecule has 344 valence electrons. The van der Waals surface area contributed by atoms with E-state index in [1.165, 1.54) is 33.4 Å². The van der Waals surface area contributed by atoms with Gasteiger partial charge in [0.25, 0.3) is 0 Å². The molecule has 4 aliphatic heterocycles. The van der Waals surface area contributed by atoms with Gasteiger partial charge >= 0.3 is 0 Å². The van der Waals surface area contributed by atoms with Gasteiger partial charge < -0.3 is 40.9 Å². The van der Waals surface area contributed by atoms with Crippen LogP contribution in [0.3, 0.4) is 0 Å². The molecule has 4 aromatic rings. The van der Waals surface area contributed by atoms with E-state index in [0.717, 1.165) is 68.8 Å². The maximum absolute atomic E-state index is 14.5. The van der Waals surface area contributed by atoms with Crippen LogP contribution in [0.2, 0.25) is 15.3 Å². The van der Waals surface area contributed by atoms with Crippen molar-refractivity contribution in [2.45, 2.75) is 73.7 Å². The highest BCUT2D eigenvalue weighted by Gasteiger charge is 2.35. The lowest BCUT2D eigenvalue weighted by Crippen LogP contribution is -2.47. The van der Waals surface area contributed by atoms with E-state index < -0.39 is 58.2 Å². The first-order valence-electron chi connectivity index (χ1n) is 20.8. The average molecular weight is 972 g/mol. The summed E-state index contributed by atoms with van der Waals surface area (Å²) in [5.41, 5.74) is 0.419. The minimum atomic E-state index is -1.67. The van der Waals surface area contributed by atoms with Crippen LogP contribution in [0.5, 0.6) is 0 Å².